The van der Waals surface area contributed by atoms with Gasteiger partial charge in [0, 0.05) is 12.6 Å². The molecule has 15 heavy (non-hydrogen) atoms. The molecule has 1 N–H and O–H groups in total. The summed E-state index contributed by atoms with van der Waals surface area (Å²) in [6.07, 6.45) is 2.62. The number of carbonyl (C=O) groups excluding carboxylic acids is 1. The van der Waals surface area contributed by atoms with Gasteiger partial charge in [-0.05, 0) is 26.7 Å². The number of nitrogens with zero attached hydrogens (tertiary/aromatic N) is 1. The van der Waals surface area contributed by atoms with Crippen molar-refractivity contribution in [1.29, 1.82) is 0 Å². The van der Waals surface area contributed by atoms with Gasteiger partial charge in [0.25, 0.3) is 0 Å². The number of carbonyl (C=O) groups is 1. The van der Waals surface area contributed by atoms with Crippen LogP contribution in [0.1, 0.15) is 26.7 Å². The van der Waals surface area contributed by atoms with Crippen LogP contribution in [0.2, 0.25) is 0 Å². The largest absolute Gasteiger partial charge is 0.375 e. The third kappa shape index (κ3) is 2.92. The molecule has 0 aromatic rings. The van der Waals surface area contributed by atoms with E-state index >= 15 is 0 Å². The Bertz CT molecular complexity index is 241. The van der Waals surface area contributed by atoms with Gasteiger partial charge in [0.15, 0.2) is 0 Å². The average molecular weight is 212 g/mol. The van der Waals surface area contributed by atoms with E-state index in [1.165, 1.54) is 12.8 Å². The molecular formula is C11H20N2O2. The lowest BCUT2D eigenvalue weighted by molar-refractivity contribution is -0.142. The quantitative estimate of drug-likeness (QED) is 0.735. The molecule has 1 aliphatic heterocycles. The maximum Gasteiger partial charge on any atom is 0.236 e. The lowest BCUT2D eigenvalue weighted by Crippen LogP contribution is -2.52. The van der Waals surface area contributed by atoms with Crippen molar-refractivity contribution in [3.05, 3.63) is 0 Å². The van der Waals surface area contributed by atoms with Gasteiger partial charge in [-0.1, -0.05) is 0 Å². The predicted molar refractivity (Wildman–Crippen MR) is 57.6 cm³/mol. The van der Waals surface area contributed by atoms with E-state index in [2.05, 4.69) is 5.32 Å². The highest BCUT2D eigenvalue weighted by atomic mass is 16.5. The minimum Gasteiger partial charge on any atom is -0.375 e. The maximum atomic E-state index is 11.9. The fourth-order valence-corrected chi connectivity index (χ4v) is 1.87. The molecule has 2 atom stereocenters. The minimum absolute atomic E-state index is 0.172. The van der Waals surface area contributed by atoms with E-state index in [0.717, 1.165) is 6.54 Å². The second-order valence-corrected chi connectivity index (χ2v) is 4.69. The van der Waals surface area contributed by atoms with Gasteiger partial charge in [0.1, 0.15) is 0 Å². The van der Waals surface area contributed by atoms with Crippen molar-refractivity contribution in [3.63, 3.8) is 0 Å². The van der Waals surface area contributed by atoms with Gasteiger partial charge in [-0.25, -0.2) is 0 Å². The summed E-state index contributed by atoms with van der Waals surface area (Å²) in [5.41, 5.74) is 0. The number of hydrogen-bond acceptors (Lipinski definition) is 3. The molecular weight excluding hydrogens is 192 g/mol. The lowest BCUT2D eigenvalue weighted by Gasteiger charge is -2.36. The number of nitrogens with one attached hydrogen (secondary N) is 1. The van der Waals surface area contributed by atoms with Gasteiger partial charge < -0.3 is 15.0 Å². The third-order valence-corrected chi connectivity index (χ3v) is 3.05. The van der Waals surface area contributed by atoms with Crippen LogP contribution in [0, 0.1) is 0 Å². The first-order valence-corrected chi connectivity index (χ1v) is 5.81. The highest BCUT2D eigenvalue weighted by Crippen LogP contribution is 2.18. The molecule has 1 saturated heterocycles. The van der Waals surface area contributed by atoms with E-state index in [-0.39, 0.29) is 18.1 Å². The molecule has 2 rings (SSSR count). The number of amides is 1. The van der Waals surface area contributed by atoms with Crippen LogP contribution >= 0.6 is 0 Å². The highest BCUT2D eigenvalue weighted by molar-refractivity contribution is 5.78. The van der Waals surface area contributed by atoms with Crippen molar-refractivity contribution < 1.29 is 9.53 Å². The van der Waals surface area contributed by atoms with Gasteiger partial charge in [-0.2, -0.15) is 0 Å². The SMILES string of the molecule is CC1CN(C(=O)CNC2CC2)C(C)CO1. The van der Waals surface area contributed by atoms with Gasteiger partial charge >= 0.3 is 0 Å². The van der Waals surface area contributed by atoms with Crippen LogP contribution in [0.4, 0.5) is 0 Å². The van der Waals surface area contributed by atoms with Crippen LogP contribution in [-0.2, 0) is 9.53 Å². The van der Waals surface area contributed by atoms with Crippen LogP contribution in [-0.4, -0.2) is 48.7 Å². The Morgan fingerprint density at radius 1 is 1.47 bits per heavy atom. The van der Waals surface area contributed by atoms with Crippen molar-refractivity contribution >= 4 is 5.91 Å². The molecule has 1 amide bonds. The van der Waals surface area contributed by atoms with Crippen LogP contribution in [0.5, 0.6) is 0 Å². The molecule has 0 bridgehead atoms. The summed E-state index contributed by atoms with van der Waals surface area (Å²) in [7, 11) is 0. The van der Waals surface area contributed by atoms with Crippen molar-refractivity contribution in [2.45, 2.75) is 44.9 Å². The normalized spacial score (nSPS) is 31.7. The van der Waals surface area contributed by atoms with Crippen LogP contribution in [0.25, 0.3) is 0 Å². The number of hydrogen-bond donors (Lipinski definition) is 1. The summed E-state index contributed by atoms with van der Waals surface area (Å²) in [4.78, 5) is 13.8. The molecule has 2 unspecified atom stereocenters. The third-order valence-electron chi connectivity index (χ3n) is 3.05. The topological polar surface area (TPSA) is 41.6 Å². The van der Waals surface area contributed by atoms with Gasteiger partial charge in [0.2, 0.25) is 5.91 Å². The smallest absolute Gasteiger partial charge is 0.236 e. The zero-order valence-corrected chi connectivity index (χ0v) is 9.53. The molecule has 0 aromatic carbocycles. The average Bonchev–Trinajstić information content (AvgIpc) is 3.02. The molecule has 0 aromatic heterocycles. The Kier molecular flexibility index (Phi) is 3.26. The minimum atomic E-state index is 0.172. The summed E-state index contributed by atoms with van der Waals surface area (Å²) in [6, 6.07) is 0.817. The summed E-state index contributed by atoms with van der Waals surface area (Å²) >= 11 is 0. The fraction of sp³-hybridized carbons (Fsp3) is 0.909. The van der Waals surface area contributed by atoms with E-state index < -0.39 is 0 Å². The second kappa shape index (κ2) is 4.49. The summed E-state index contributed by atoms with van der Waals surface area (Å²) in [5.74, 6) is 0.213. The standard InChI is InChI=1S/C11H20N2O2/c1-8-7-15-9(2)6-13(8)11(14)5-12-10-3-4-10/h8-10,12H,3-7H2,1-2H3. The molecule has 1 aliphatic carbocycles. The molecule has 4 heteroatoms. The Labute approximate surface area is 91.0 Å². The molecule has 1 saturated carbocycles. The van der Waals surface area contributed by atoms with E-state index in [0.29, 0.717) is 19.2 Å². The molecule has 4 nitrogen and oxygen atoms in total. The molecule has 86 valence electrons. The van der Waals surface area contributed by atoms with E-state index in [4.69, 9.17) is 4.74 Å². The van der Waals surface area contributed by atoms with Crippen LogP contribution in [0.15, 0.2) is 0 Å². The highest BCUT2D eigenvalue weighted by Gasteiger charge is 2.28. The molecule has 2 aliphatic rings. The van der Waals surface area contributed by atoms with Crippen molar-refractivity contribution in [3.8, 4) is 0 Å². The lowest BCUT2D eigenvalue weighted by atomic mass is 10.2. The molecule has 0 radical (unpaired) electrons. The first-order valence-electron chi connectivity index (χ1n) is 5.81. The zero-order valence-electron chi connectivity index (χ0n) is 9.53. The number of ether oxygens (including phenoxy) is 1. The Morgan fingerprint density at radius 2 is 2.20 bits per heavy atom. The summed E-state index contributed by atoms with van der Waals surface area (Å²) in [5, 5.41) is 3.26. The Balaban J connectivity index is 1.80. The predicted octanol–water partition coefficient (Wildman–Crippen LogP) is 0.374. The fourth-order valence-electron chi connectivity index (χ4n) is 1.87. The van der Waals surface area contributed by atoms with Crippen LogP contribution < -0.4 is 5.32 Å². The van der Waals surface area contributed by atoms with Crippen molar-refractivity contribution in [1.82, 2.24) is 10.2 Å². The summed E-state index contributed by atoms with van der Waals surface area (Å²) < 4.78 is 5.49. The van der Waals surface area contributed by atoms with E-state index in [1.807, 2.05) is 18.7 Å². The van der Waals surface area contributed by atoms with Crippen molar-refractivity contribution in [2.75, 3.05) is 19.7 Å². The Morgan fingerprint density at radius 3 is 2.87 bits per heavy atom. The van der Waals surface area contributed by atoms with E-state index in [9.17, 15) is 4.79 Å². The first kappa shape index (κ1) is 10.9. The maximum absolute atomic E-state index is 11.9. The first-order chi connectivity index (χ1) is 7.16. The van der Waals surface area contributed by atoms with Crippen molar-refractivity contribution in [2.24, 2.45) is 0 Å². The van der Waals surface area contributed by atoms with Gasteiger partial charge in [-0.15, -0.1) is 0 Å². The molecule has 1 heterocycles. The number of morpholine rings is 1. The van der Waals surface area contributed by atoms with Gasteiger partial charge in [0.05, 0.1) is 25.3 Å². The van der Waals surface area contributed by atoms with E-state index in [1.54, 1.807) is 0 Å². The second-order valence-electron chi connectivity index (χ2n) is 4.69. The zero-order chi connectivity index (χ0) is 10.8. The van der Waals surface area contributed by atoms with Gasteiger partial charge in [-0.3, -0.25) is 4.79 Å². The summed E-state index contributed by atoms with van der Waals surface area (Å²) in [6.45, 7) is 5.94. The molecule has 0 spiro atoms. The molecule has 2 fully saturated rings. The monoisotopic (exact) mass is 212 g/mol. The number of rotatable bonds is 3. The van der Waals surface area contributed by atoms with Crippen LogP contribution in [0.3, 0.4) is 0 Å². The Hall–Kier alpha value is -0.610.